The van der Waals surface area contributed by atoms with Crippen LogP contribution in [0.1, 0.15) is 0 Å². The van der Waals surface area contributed by atoms with Crippen LogP contribution in [0.15, 0.2) is 24.3 Å². The molecular weight excluding hydrogens is 260 g/mol. The van der Waals surface area contributed by atoms with Gasteiger partial charge in [-0.15, -0.1) is 11.8 Å². The van der Waals surface area contributed by atoms with Crippen molar-refractivity contribution in [2.24, 2.45) is 0 Å². The molecule has 0 atom stereocenters. The van der Waals surface area contributed by atoms with Crippen LogP contribution < -0.4 is 5.32 Å². The standard InChI is InChI=1S/C10H10N2O5S/c13-9(5-18-6-10(14)15)11-7-3-1-2-4-8(7)12(16)17/h1-4H,5-6H2,(H,11,13)(H,14,15). The van der Waals surface area contributed by atoms with Gasteiger partial charge >= 0.3 is 5.97 Å². The summed E-state index contributed by atoms with van der Waals surface area (Å²) in [6, 6.07) is 5.75. The van der Waals surface area contributed by atoms with Gasteiger partial charge in [-0.1, -0.05) is 12.1 Å². The largest absolute Gasteiger partial charge is 0.481 e. The third kappa shape index (κ3) is 4.42. The van der Waals surface area contributed by atoms with E-state index in [0.29, 0.717) is 0 Å². The molecule has 0 spiro atoms. The van der Waals surface area contributed by atoms with Gasteiger partial charge in [-0.25, -0.2) is 0 Å². The smallest absolute Gasteiger partial charge is 0.313 e. The zero-order valence-electron chi connectivity index (χ0n) is 9.16. The molecule has 1 aromatic rings. The second-order valence-corrected chi connectivity index (χ2v) is 4.19. The molecule has 7 nitrogen and oxygen atoms in total. The molecule has 0 fully saturated rings. The molecule has 0 unspecified atom stereocenters. The topological polar surface area (TPSA) is 110 Å². The summed E-state index contributed by atoms with van der Waals surface area (Å²) in [4.78, 5) is 31.7. The van der Waals surface area contributed by atoms with E-state index in [2.05, 4.69) is 5.32 Å². The van der Waals surface area contributed by atoms with E-state index in [9.17, 15) is 19.7 Å². The van der Waals surface area contributed by atoms with Gasteiger partial charge in [0, 0.05) is 6.07 Å². The van der Waals surface area contributed by atoms with E-state index in [1.54, 1.807) is 6.07 Å². The van der Waals surface area contributed by atoms with Crippen molar-refractivity contribution in [2.75, 3.05) is 16.8 Å². The maximum absolute atomic E-state index is 11.4. The van der Waals surface area contributed by atoms with E-state index in [1.807, 2.05) is 0 Å². The predicted octanol–water partition coefficient (Wildman–Crippen LogP) is 1.35. The molecule has 1 aromatic carbocycles. The number of thioether (sulfide) groups is 1. The Morgan fingerprint density at radius 2 is 2.00 bits per heavy atom. The molecule has 96 valence electrons. The van der Waals surface area contributed by atoms with Crippen LogP contribution in [-0.4, -0.2) is 33.4 Å². The zero-order valence-corrected chi connectivity index (χ0v) is 9.98. The van der Waals surface area contributed by atoms with Gasteiger partial charge in [-0.05, 0) is 6.07 Å². The molecule has 0 heterocycles. The average Bonchev–Trinajstić information content (AvgIpc) is 2.28. The number of nitro benzene ring substituents is 1. The number of hydrogen-bond donors (Lipinski definition) is 2. The Morgan fingerprint density at radius 3 is 2.61 bits per heavy atom. The first-order chi connectivity index (χ1) is 8.50. The highest BCUT2D eigenvalue weighted by Gasteiger charge is 2.14. The maximum atomic E-state index is 11.4. The number of nitrogens with zero attached hydrogens (tertiary/aromatic N) is 1. The number of nitrogens with one attached hydrogen (secondary N) is 1. The van der Waals surface area contributed by atoms with Crippen LogP contribution in [0.3, 0.4) is 0 Å². The number of para-hydroxylation sites is 2. The van der Waals surface area contributed by atoms with E-state index in [1.165, 1.54) is 18.2 Å². The van der Waals surface area contributed by atoms with E-state index in [0.717, 1.165) is 11.8 Å². The van der Waals surface area contributed by atoms with Gasteiger partial charge < -0.3 is 10.4 Å². The molecule has 1 rings (SSSR count). The Labute approximate surface area is 106 Å². The lowest BCUT2D eigenvalue weighted by Gasteiger charge is -2.04. The van der Waals surface area contributed by atoms with Crippen molar-refractivity contribution >= 4 is 35.0 Å². The predicted molar refractivity (Wildman–Crippen MR) is 66.7 cm³/mol. The summed E-state index contributed by atoms with van der Waals surface area (Å²) in [5.41, 5.74) is -0.0995. The highest BCUT2D eigenvalue weighted by molar-refractivity contribution is 8.00. The lowest BCUT2D eigenvalue weighted by Crippen LogP contribution is -2.16. The van der Waals surface area contributed by atoms with E-state index in [4.69, 9.17) is 5.11 Å². The average molecular weight is 270 g/mol. The van der Waals surface area contributed by atoms with Crippen molar-refractivity contribution in [2.45, 2.75) is 0 Å². The summed E-state index contributed by atoms with van der Waals surface area (Å²) >= 11 is 0.922. The molecule has 0 bridgehead atoms. The summed E-state index contributed by atoms with van der Waals surface area (Å²) in [5.74, 6) is -1.75. The summed E-state index contributed by atoms with van der Waals surface area (Å²) in [5, 5.41) is 21.4. The SMILES string of the molecule is O=C(O)CSCC(=O)Nc1ccccc1[N+](=O)[O-]. The molecule has 0 saturated carbocycles. The Hall–Kier alpha value is -2.09. The van der Waals surface area contributed by atoms with Crippen molar-refractivity contribution < 1.29 is 19.6 Å². The van der Waals surface area contributed by atoms with E-state index in [-0.39, 0.29) is 22.9 Å². The van der Waals surface area contributed by atoms with Gasteiger partial charge in [0.05, 0.1) is 16.4 Å². The Kier molecular flexibility index (Phi) is 5.12. The minimum Gasteiger partial charge on any atom is -0.481 e. The number of rotatable bonds is 6. The molecule has 0 aliphatic rings. The summed E-state index contributed by atoms with van der Waals surface area (Å²) in [6.07, 6.45) is 0. The number of carbonyl (C=O) groups excluding carboxylic acids is 1. The molecule has 0 aromatic heterocycles. The van der Waals surface area contributed by atoms with Crippen LogP contribution in [0.25, 0.3) is 0 Å². The lowest BCUT2D eigenvalue weighted by molar-refractivity contribution is -0.383. The van der Waals surface area contributed by atoms with E-state index < -0.39 is 16.8 Å². The van der Waals surface area contributed by atoms with Gasteiger partial charge in [0.1, 0.15) is 5.69 Å². The second kappa shape index (κ2) is 6.60. The molecule has 0 radical (unpaired) electrons. The summed E-state index contributed by atoms with van der Waals surface area (Å²) in [7, 11) is 0. The number of hydrogen-bond acceptors (Lipinski definition) is 5. The minimum absolute atomic E-state index is 0.0711. The van der Waals surface area contributed by atoms with Crippen molar-refractivity contribution in [3.63, 3.8) is 0 Å². The summed E-state index contributed by atoms with van der Waals surface area (Å²) < 4.78 is 0. The minimum atomic E-state index is -1.02. The fourth-order valence-electron chi connectivity index (χ4n) is 1.16. The fourth-order valence-corrected chi connectivity index (χ4v) is 1.69. The first-order valence-electron chi connectivity index (χ1n) is 4.83. The van der Waals surface area contributed by atoms with Gasteiger partial charge in [0.25, 0.3) is 5.69 Å². The number of carboxylic acids is 1. The lowest BCUT2D eigenvalue weighted by atomic mass is 10.2. The highest BCUT2D eigenvalue weighted by Crippen LogP contribution is 2.23. The Balaban J connectivity index is 2.59. The quantitative estimate of drug-likeness (QED) is 0.596. The fraction of sp³-hybridized carbons (Fsp3) is 0.200. The Morgan fingerprint density at radius 1 is 1.33 bits per heavy atom. The highest BCUT2D eigenvalue weighted by atomic mass is 32.2. The molecule has 2 N–H and O–H groups in total. The second-order valence-electron chi connectivity index (χ2n) is 3.21. The van der Waals surface area contributed by atoms with Crippen LogP contribution in [0.4, 0.5) is 11.4 Å². The summed E-state index contributed by atoms with van der Waals surface area (Å²) in [6.45, 7) is 0. The van der Waals surface area contributed by atoms with E-state index >= 15 is 0 Å². The monoisotopic (exact) mass is 270 g/mol. The molecular formula is C10H10N2O5S. The third-order valence-corrected chi connectivity index (χ3v) is 2.75. The van der Waals surface area contributed by atoms with Crippen molar-refractivity contribution in [3.8, 4) is 0 Å². The van der Waals surface area contributed by atoms with Crippen molar-refractivity contribution in [1.29, 1.82) is 0 Å². The number of aliphatic carboxylic acids is 1. The first kappa shape index (κ1) is 14.0. The van der Waals surface area contributed by atoms with Crippen LogP contribution in [0, 0.1) is 10.1 Å². The number of amides is 1. The molecule has 1 amide bonds. The Bertz CT molecular complexity index is 477. The number of anilines is 1. The zero-order chi connectivity index (χ0) is 13.5. The van der Waals surface area contributed by atoms with Crippen LogP contribution in [-0.2, 0) is 9.59 Å². The number of benzene rings is 1. The molecule has 0 aliphatic carbocycles. The van der Waals surface area contributed by atoms with Crippen LogP contribution in [0.5, 0.6) is 0 Å². The molecule has 18 heavy (non-hydrogen) atoms. The number of carboxylic acid groups (broad SMARTS) is 1. The van der Waals surface area contributed by atoms with Gasteiger partial charge in [0.15, 0.2) is 0 Å². The molecule has 8 heteroatoms. The molecule has 0 aliphatic heterocycles. The van der Waals surface area contributed by atoms with Gasteiger partial charge in [-0.3, -0.25) is 19.7 Å². The van der Waals surface area contributed by atoms with Crippen LogP contribution >= 0.6 is 11.8 Å². The molecule has 0 saturated heterocycles. The normalized spacial score (nSPS) is 9.78. The van der Waals surface area contributed by atoms with Crippen molar-refractivity contribution in [1.82, 2.24) is 0 Å². The number of carbonyl (C=O) groups is 2. The van der Waals surface area contributed by atoms with Gasteiger partial charge in [-0.2, -0.15) is 0 Å². The van der Waals surface area contributed by atoms with Crippen molar-refractivity contribution in [3.05, 3.63) is 34.4 Å². The maximum Gasteiger partial charge on any atom is 0.313 e. The first-order valence-corrected chi connectivity index (χ1v) is 5.99. The van der Waals surface area contributed by atoms with Gasteiger partial charge in [0.2, 0.25) is 5.91 Å². The number of nitro groups is 1. The van der Waals surface area contributed by atoms with Crippen LogP contribution in [0.2, 0.25) is 0 Å². The third-order valence-electron chi connectivity index (χ3n) is 1.83.